The van der Waals surface area contributed by atoms with E-state index in [2.05, 4.69) is 23.8 Å². The van der Waals surface area contributed by atoms with Crippen LogP contribution in [0.25, 0.3) is 0 Å². The number of hydrogen-bond donors (Lipinski definition) is 1. The SMILES string of the molecule is CC(C)c1cnc(OC2CC(N)C2)cn1. The number of rotatable bonds is 3. The van der Waals surface area contributed by atoms with E-state index >= 15 is 0 Å². The lowest BCUT2D eigenvalue weighted by Crippen LogP contribution is -2.43. The van der Waals surface area contributed by atoms with Crippen LogP contribution in [-0.2, 0) is 0 Å². The molecule has 1 aliphatic carbocycles. The fourth-order valence-corrected chi connectivity index (χ4v) is 1.56. The number of nitrogens with zero attached hydrogens (tertiary/aromatic N) is 2. The molecule has 2 rings (SSSR count). The summed E-state index contributed by atoms with van der Waals surface area (Å²) >= 11 is 0. The number of nitrogens with two attached hydrogens (primary N) is 1. The summed E-state index contributed by atoms with van der Waals surface area (Å²) in [5, 5.41) is 0. The van der Waals surface area contributed by atoms with E-state index in [-0.39, 0.29) is 6.10 Å². The molecular weight excluding hydrogens is 190 g/mol. The number of ether oxygens (including phenoxy) is 1. The lowest BCUT2D eigenvalue weighted by atomic mass is 9.90. The van der Waals surface area contributed by atoms with Crippen molar-refractivity contribution in [2.75, 3.05) is 0 Å². The van der Waals surface area contributed by atoms with E-state index in [9.17, 15) is 0 Å². The number of hydrogen-bond acceptors (Lipinski definition) is 4. The van der Waals surface area contributed by atoms with E-state index in [4.69, 9.17) is 10.5 Å². The van der Waals surface area contributed by atoms with Crippen molar-refractivity contribution in [1.82, 2.24) is 9.97 Å². The molecule has 2 N–H and O–H groups in total. The molecule has 1 heterocycles. The van der Waals surface area contributed by atoms with Crippen molar-refractivity contribution in [2.45, 2.75) is 44.8 Å². The minimum absolute atomic E-state index is 0.235. The van der Waals surface area contributed by atoms with Gasteiger partial charge in [-0.2, -0.15) is 0 Å². The molecule has 4 heteroatoms. The molecule has 0 aliphatic heterocycles. The Morgan fingerprint density at radius 2 is 2.07 bits per heavy atom. The molecule has 0 radical (unpaired) electrons. The van der Waals surface area contributed by atoms with E-state index in [1.54, 1.807) is 12.4 Å². The predicted octanol–water partition coefficient (Wildman–Crippen LogP) is 1.47. The second-order valence-corrected chi connectivity index (χ2v) is 4.41. The fourth-order valence-electron chi connectivity index (χ4n) is 1.56. The van der Waals surface area contributed by atoms with Crippen LogP contribution < -0.4 is 10.5 Å². The largest absolute Gasteiger partial charge is 0.473 e. The van der Waals surface area contributed by atoms with Crippen LogP contribution in [0.5, 0.6) is 5.88 Å². The zero-order valence-corrected chi connectivity index (χ0v) is 9.18. The number of aromatic nitrogens is 2. The highest BCUT2D eigenvalue weighted by atomic mass is 16.5. The molecule has 1 saturated carbocycles. The molecule has 0 aromatic carbocycles. The summed E-state index contributed by atoms with van der Waals surface area (Å²) in [6.07, 6.45) is 5.55. The van der Waals surface area contributed by atoms with Crippen LogP contribution in [0.3, 0.4) is 0 Å². The van der Waals surface area contributed by atoms with E-state index in [0.29, 0.717) is 17.8 Å². The van der Waals surface area contributed by atoms with Gasteiger partial charge < -0.3 is 10.5 Å². The summed E-state index contributed by atoms with van der Waals surface area (Å²) in [6.45, 7) is 4.19. The van der Waals surface area contributed by atoms with Crippen LogP contribution in [0, 0.1) is 0 Å². The maximum atomic E-state index is 5.67. The Labute approximate surface area is 89.9 Å². The van der Waals surface area contributed by atoms with Crippen LogP contribution in [-0.4, -0.2) is 22.1 Å². The van der Waals surface area contributed by atoms with Gasteiger partial charge in [0.25, 0.3) is 0 Å². The summed E-state index contributed by atoms with van der Waals surface area (Å²) < 4.78 is 5.60. The van der Waals surface area contributed by atoms with Gasteiger partial charge in [-0.05, 0) is 18.8 Å². The van der Waals surface area contributed by atoms with Crippen molar-refractivity contribution in [1.29, 1.82) is 0 Å². The summed E-state index contributed by atoms with van der Waals surface area (Å²) in [5.74, 6) is 1.01. The van der Waals surface area contributed by atoms with E-state index in [0.717, 1.165) is 18.5 Å². The monoisotopic (exact) mass is 207 g/mol. The van der Waals surface area contributed by atoms with Crippen molar-refractivity contribution < 1.29 is 4.74 Å². The molecule has 0 amide bonds. The first kappa shape index (κ1) is 10.4. The lowest BCUT2D eigenvalue weighted by molar-refractivity contribution is 0.0953. The molecule has 15 heavy (non-hydrogen) atoms. The van der Waals surface area contributed by atoms with Crippen LogP contribution in [0.1, 0.15) is 38.3 Å². The Bertz CT molecular complexity index is 317. The van der Waals surface area contributed by atoms with E-state index < -0.39 is 0 Å². The van der Waals surface area contributed by atoms with Crippen molar-refractivity contribution in [3.8, 4) is 5.88 Å². The summed E-state index contributed by atoms with van der Waals surface area (Å²) in [4.78, 5) is 8.51. The Morgan fingerprint density at radius 3 is 2.53 bits per heavy atom. The minimum Gasteiger partial charge on any atom is -0.473 e. The molecule has 1 aromatic heterocycles. The Kier molecular flexibility index (Phi) is 2.86. The molecule has 4 nitrogen and oxygen atoms in total. The third-order valence-electron chi connectivity index (χ3n) is 2.66. The van der Waals surface area contributed by atoms with E-state index in [1.807, 2.05) is 0 Å². The smallest absolute Gasteiger partial charge is 0.232 e. The molecule has 82 valence electrons. The van der Waals surface area contributed by atoms with Crippen molar-refractivity contribution in [3.05, 3.63) is 18.1 Å². The first-order chi connectivity index (χ1) is 7.15. The average Bonchev–Trinajstić information content (AvgIpc) is 2.16. The molecule has 1 aromatic rings. The van der Waals surface area contributed by atoms with Gasteiger partial charge in [0.15, 0.2) is 0 Å². The van der Waals surface area contributed by atoms with Gasteiger partial charge in [0.1, 0.15) is 6.10 Å². The Balaban J connectivity index is 1.92. The van der Waals surface area contributed by atoms with Crippen LogP contribution in [0.4, 0.5) is 0 Å². The third-order valence-corrected chi connectivity index (χ3v) is 2.66. The molecule has 0 atom stereocenters. The second-order valence-electron chi connectivity index (χ2n) is 4.41. The zero-order chi connectivity index (χ0) is 10.8. The van der Waals surface area contributed by atoms with Gasteiger partial charge in [0.2, 0.25) is 5.88 Å². The normalized spacial score (nSPS) is 25.1. The molecular formula is C11H17N3O. The molecule has 0 saturated heterocycles. The second kappa shape index (κ2) is 4.14. The fraction of sp³-hybridized carbons (Fsp3) is 0.636. The van der Waals surface area contributed by atoms with Crippen molar-refractivity contribution in [2.24, 2.45) is 5.73 Å². The summed E-state index contributed by atoms with van der Waals surface area (Å²) in [5.41, 5.74) is 6.66. The maximum Gasteiger partial charge on any atom is 0.232 e. The summed E-state index contributed by atoms with van der Waals surface area (Å²) in [7, 11) is 0. The highest BCUT2D eigenvalue weighted by Gasteiger charge is 2.27. The van der Waals surface area contributed by atoms with Gasteiger partial charge in [0, 0.05) is 6.04 Å². The molecule has 1 fully saturated rings. The highest BCUT2D eigenvalue weighted by Crippen LogP contribution is 2.23. The molecule has 0 unspecified atom stereocenters. The van der Waals surface area contributed by atoms with Crippen LogP contribution in [0.15, 0.2) is 12.4 Å². The van der Waals surface area contributed by atoms with Gasteiger partial charge in [-0.3, -0.25) is 4.98 Å². The van der Waals surface area contributed by atoms with Gasteiger partial charge in [0.05, 0.1) is 18.1 Å². The van der Waals surface area contributed by atoms with Crippen molar-refractivity contribution in [3.63, 3.8) is 0 Å². The molecule has 0 bridgehead atoms. The molecule has 0 spiro atoms. The first-order valence-electron chi connectivity index (χ1n) is 5.39. The highest BCUT2D eigenvalue weighted by molar-refractivity contribution is 5.10. The quantitative estimate of drug-likeness (QED) is 0.815. The zero-order valence-electron chi connectivity index (χ0n) is 9.18. The van der Waals surface area contributed by atoms with Gasteiger partial charge >= 0.3 is 0 Å². The lowest BCUT2D eigenvalue weighted by Gasteiger charge is -2.31. The Hall–Kier alpha value is -1.16. The van der Waals surface area contributed by atoms with Crippen LogP contribution in [0.2, 0.25) is 0 Å². The summed E-state index contributed by atoms with van der Waals surface area (Å²) in [6, 6.07) is 0.304. The Morgan fingerprint density at radius 1 is 1.33 bits per heavy atom. The standard InChI is InChI=1S/C11H17N3O/c1-7(2)10-5-14-11(6-13-10)15-9-3-8(12)4-9/h5-9H,3-4,12H2,1-2H3. The third kappa shape index (κ3) is 2.45. The van der Waals surface area contributed by atoms with Crippen molar-refractivity contribution >= 4 is 0 Å². The topological polar surface area (TPSA) is 61.0 Å². The van der Waals surface area contributed by atoms with Gasteiger partial charge in [-0.15, -0.1) is 0 Å². The van der Waals surface area contributed by atoms with Gasteiger partial charge in [-0.25, -0.2) is 4.98 Å². The molecule has 1 aliphatic rings. The van der Waals surface area contributed by atoms with Crippen LogP contribution >= 0.6 is 0 Å². The first-order valence-corrected chi connectivity index (χ1v) is 5.39. The van der Waals surface area contributed by atoms with Gasteiger partial charge in [-0.1, -0.05) is 13.8 Å². The van der Waals surface area contributed by atoms with E-state index in [1.165, 1.54) is 0 Å². The minimum atomic E-state index is 0.235. The maximum absolute atomic E-state index is 5.67. The average molecular weight is 207 g/mol. The predicted molar refractivity (Wildman–Crippen MR) is 57.7 cm³/mol.